The highest BCUT2D eigenvalue weighted by Gasteiger charge is 2.17. The molecule has 226 valence electrons. The van der Waals surface area contributed by atoms with Crippen molar-refractivity contribution in [3.63, 3.8) is 0 Å². The van der Waals surface area contributed by atoms with Gasteiger partial charge in [0, 0.05) is 51.7 Å². The number of hydrogen-bond donors (Lipinski definition) is 0. The molecule has 9 aromatic rings. The van der Waals surface area contributed by atoms with Crippen LogP contribution in [0.4, 0.5) is 0 Å². The first-order chi connectivity index (χ1) is 23.7. The van der Waals surface area contributed by atoms with Crippen molar-refractivity contribution in [2.45, 2.75) is 6.92 Å². The number of benzene rings is 4. The third kappa shape index (κ3) is 4.81. The van der Waals surface area contributed by atoms with Crippen LogP contribution in [0.3, 0.4) is 0 Å². The molecule has 5 heteroatoms. The van der Waals surface area contributed by atoms with Gasteiger partial charge in [0.2, 0.25) is 0 Å². The summed E-state index contributed by atoms with van der Waals surface area (Å²) in [6.07, 6.45) is 5.76. The Hall–Kier alpha value is -6.46. The topological polar surface area (TPSA) is 56.0 Å². The molecular formula is C43H29N5. The van der Waals surface area contributed by atoms with Gasteiger partial charge in [-0.15, -0.1) is 0 Å². The minimum atomic E-state index is 0.901. The van der Waals surface area contributed by atoms with Gasteiger partial charge >= 0.3 is 0 Å². The van der Waals surface area contributed by atoms with Crippen molar-refractivity contribution in [3.8, 4) is 56.0 Å². The van der Waals surface area contributed by atoms with Crippen molar-refractivity contribution < 1.29 is 0 Å². The molecule has 5 heterocycles. The van der Waals surface area contributed by atoms with Gasteiger partial charge < -0.3 is 0 Å². The normalized spacial score (nSPS) is 11.4. The van der Waals surface area contributed by atoms with Gasteiger partial charge in [-0.1, -0.05) is 78.9 Å². The lowest BCUT2D eigenvalue weighted by Crippen LogP contribution is -1.92. The Kier molecular flexibility index (Phi) is 6.61. The molecule has 0 saturated heterocycles. The summed E-state index contributed by atoms with van der Waals surface area (Å²) in [5.41, 5.74) is 14.4. The highest BCUT2D eigenvalue weighted by atomic mass is 15.0. The number of nitrogens with zero attached hydrogens (tertiary/aromatic N) is 5. The van der Waals surface area contributed by atoms with Gasteiger partial charge in [0.05, 0.1) is 28.1 Å². The fraction of sp³-hybridized carbons (Fsp3) is 0.0233. The van der Waals surface area contributed by atoms with Crippen LogP contribution in [0, 0.1) is 6.92 Å². The zero-order chi connectivity index (χ0) is 32.0. The van der Waals surface area contributed by atoms with Crippen molar-refractivity contribution in [1.29, 1.82) is 0 Å². The van der Waals surface area contributed by atoms with Crippen LogP contribution in [0.25, 0.3) is 83.5 Å². The summed E-state index contributed by atoms with van der Waals surface area (Å²) >= 11 is 0. The molecule has 4 aromatic carbocycles. The summed E-state index contributed by atoms with van der Waals surface area (Å²) < 4.78 is 2.17. The predicted molar refractivity (Wildman–Crippen MR) is 196 cm³/mol. The number of aryl methyl sites for hydroxylation is 1. The Morgan fingerprint density at radius 2 is 1.25 bits per heavy atom. The van der Waals surface area contributed by atoms with Crippen LogP contribution in [0.2, 0.25) is 0 Å². The van der Waals surface area contributed by atoms with Crippen molar-refractivity contribution in [3.05, 3.63) is 164 Å². The molecule has 0 atom stereocenters. The molecule has 0 aliphatic heterocycles. The monoisotopic (exact) mass is 615 g/mol. The van der Waals surface area contributed by atoms with Gasteiger partial charge in [-0.05, 0) is 89.8 Å². The van der Waals surface area contributed by atoms with Crippen molar-refractivity contribution in [1.82, 2.24) is 24.3 Å². The molecule has 48 heavy (non-hydrogen) atoms. The van der Waals surface area contributed by atoms with Crippen LogP contribution in [-0.4, -0.2) is 24.3 Å². The SMILES string of the molecule is Cc1cccc(-c2cc(-c3ccc(-c4c(-c5ccccc5)nc5ccccn45)cc3)cc(-c3cc4cccnc4c4ncccc34)c2)n1. The first-order valence-corrected chi connectivity index (χ1v) is 16.0. The maximum absolute atomic E-state index is 5.03. The second kappa shape index (κ2) is 11.4. The first-order valence-electron chi connectivity index (χ1n) is 16.0. The van der Waals surface area contributed by atoms with Gasteiger partial charge in [0.15, 0.2) is 0 Å². The quantitative estimate of drug-likeness (QED) is 0.181. The third-order valence-corrected chi connectivity index (χ3v) is 8.96. The third-order valence-electron chi connectivity index (χ3n) is 8.96. The van der Waals surface area contributed by atoms with Gasteiger partial charge in [0.1, 0.15) is 5.65 Å². The molecule has 0 aliphatic carbocycles. The second-order valence-corrected chi connectivity index (χ2v) is 12.0. The summed E-state index contributed by atoms with van der Waals surface area (Å²) in [7, 11) is 0. The highest BCUT2D eigenvalue weighted by molar-refractivity contribution is 6.10. The van der Waals surface area contributed by atoms with Crippen LogP contribution in [0.5, 0.6) is 0 Å². The standard InChI is InChI=1S/C43H29N5/c1-28-10-7-15-38(46-28)35-25-33(24-34(26-35)37-27-32-13-8-21-44-40(32)42-36(37)14-9-22-45-42)29-17-19-31(20-18-29)43-41(30-11-3-2-4-12-30)47-39-16-5-6-23-48(39)43/h2-27H,1H3. The van der Waals surface area contributed by atoms with Crippen LogP contribution in [0.1, 0.15) is 5.69 Å². The smallest absolute Gasteiger partial charge is 0.137 e. The van der Waals surface area contributed by atoms with E-state index in [-0.39, 0.29) is 0 Å². The van der Waals surface area contributed by atoms with Crippen molar-refractivity contribution in [2.24, 2.45) is 0 Å². The minimum absolute atomic E-state index is 0.901. The van der Waals surface area contributed by atoms with E-state index < -0.39 is 0 Å². The van der Waals surface area contributed by atoms with Gasteiger partial charge in [0.25, 0.3) is 0 Å². The van der Waals surface area contributed by atoms with E-state index >= 15 is 0 Å². The van der Waals surface area contributed by atoms with E-state index in [4.69, 9.17) is 15.0 Å². The molecule has 0 aliphatic rings. The summed E-state index contributed by atoms with van der Waals surface area (Å²) in [6.45, 7) is 2.03. The molecule has 0 unspecified atom stereocenters. The molecular weight excluding hydrogens is 587 g/mol. The molecule has 0 spiro atoms. The Balaban J connectivity index is 1.22. The molecule has 0 radical (unpaired) electrons. The average Bonchev–Trinajstić information content (AvgIpc) is 3.54. The Morgan fingerprint density at radius 3 is 2.10 bits per heavy atom. The number of aromatic nitrogens is 5. The molecule has 0 saturated carbocycles. The number of pyridine rings is 4. The van der Waals surface area contributed by atoms with E-state index in [0.29, 0.717) is 0 Å². The van der Waals surface area contributed by atoms with E-state index in [0.717, 1.165) is 89.2 Å². The van der Waals surface area contributed by atoms with Crippen LogP contribution in [0.15, 0.2) is 158 Å². The number of imidazole rings is 1. The van der Waals surface area contributed by atoms with E-state index in [2.05, 4.69) is 125 Å². The predicted octanol–water partition coefficient (Wildman–Crippen LogP) is 10.5. The molecule has 0 fully saturated rings. The summed E-state index contributed by atoms with van der Waals surface area (Å²) in [5, 5.41) is 2.13. The fourth-order valence-corrected chi connectivity index (χ4v) is 6.71. The summed E-state index contributed by atoms with van der Waals surface area (Å²) in [4.78, 5) is 19.4. The van der Waals surface area contributed by atoms with E-state index in [1.165, 1.54) is 0 Å². The summed E-state index contributed by atoms with van der Waals surface area (Å²) in [5.74, 6) is 0. The molecule has 0 amide bonds. The van der Waals surface area contributed by atoms with Crippen LogP contribution in [-0.2, 0) is 0 Å². The summed E-state index contributed by atoms with van der Waals surface area (Å²) in [6, 6.07) is 48.8. The van der Waals surface area contributed by atoms with Crippen molar-refractivity contribution in [2.75, 3.05) is 0 Å². The number of fused-ring (bicyclic) bond motifs is 4. The van der Waals surface area contributed by atoms with E-state index in [9.17, 15) is 0 Å². The molecule has 5 aromatic heterocycles. The zero-order valence-electron chi connectivity index (χ0n) is 26.2. The highest BCUT2D eigenvalue weighted by Crippen LogP contribution is 2.39. The van der Waals surface area contributed by atoms with Crippen LogP contribution < -0.4 is 0 Å². The van der Waals surface area contributed by atoms with Gasteiger partial charge in [-0.25, -0.2) is 4.98 Å². The van der Waals surface area contributed by atoms with Crippen LogP contribution >= 0.6 is 0 Å². The Bertz CT molecular complexity index is 2620. The Morgan fingerprint density at radius 1 is 0.500 bits per heavy atom. The van der Waals surface area contributed by atoms with Gasteiger partial charge in [-0.3, -0.25) is 19.4 Å². The average molecular weight is 616 g/mol. The second-order valence-electron chi connectivity index (χ2n) is 12.0. The van der Waals surface area contributed by atoms with Crippen molar-refractivity contribution >= 4 is 27.5 Å². The maximum Gasteiger partial charge on any atom is 0.137 e. The molecule has 0 bridgehead atoms. The largest absolute Gasteiger partial charge is 0.299 e. The lowest BCUT2D eigenvalue weighted by atomic mass is 9.91. The minimum Gasteiger partial charge on any atom is -0.299 e. The van der Waals surface area contributed by atoms with Gasteiger partial charge in [-0.2, -0.15) is 0 Å². The van der Waals surface area contributed by atoms with E-state index in [1.54, 1.807) is 0 Å². The lowest BCUT2D eigenvalue weighted by Gasteiger charge is -2.14. The lowest BCUT2D eigenvalue weighted by molar-refractivity contribution is 1.19. The zero-order valence-corrected chi connectivity index (χ0v) is 26.2. The Labute approximate surface area is 277 Å². The molecule has 5 nitrogen and oxygen atoms in total. The number of hydrogen-bond acceptors (Lipinski definition) is 4. The fourth-order valence-electron chi connectivity index (χ4n) is 6.71. The first kappa shape index (κ1) is 27.8. The maximum atomic E-state index is 5.03. The van der Waals surface area contributed by atoms with E-state index in [1.807, 2.05) is 49.6 Å². The number of rotatable bonds is 5. The molecule has 0 N–H and O–H groups in total. The molecule has 9 rings (SSSR count).